The third-order valence-corrected chi connectivity index (χ3v) is 4.69. The van der Waals surface area contributed by atoms with E-state index >= 15 is 0 Å². The number of hydrogen-bond acceptors (Lipinski definition) is 2. The van der Waals surface area contributed by atoms with Gasteiger partial charge in [0.2, 0.25) is 0 Å². The minimum atomic E-state index is -0.152. The molecule has 0 atom stereocenters. The Kier molecular flexibility index (Phi) is 3.84. The van der Waals surface area contributed by atoms with Gasteiger partial charge in [0.15, 0.2) is 0 Å². The quantitative estimate of drug-likeness (QED) is 0.620. The molecule has 5 nitrogen and oxygen atoms in total. The molecule has 5 heteroatoms. The Hall–Kier alpha value is -3.34. The van der Waals surface area contributed by atoms with Crippen LogP contribution in [0.15, 0.2) is 70.3 Å². The summed E-state index contributed by atoms with van der Waals surface area (Å²) in [4.78, 5) is 25.5. The highest BCUT2D eigenvalue weighted by Crippen LogP contribution is 2.14. The lowest BCUT2D eigenvalue weighted by Gasteiger charge is -2.10. The Balaban J connectivity index is 1.88. The number of aromatic amines is 1. The predicted octanol–water partition coefficient (Wildman–Crippen LogP) is 3.15. The zero-order valence-corrected chi connectivity index (χ0v) is 14.7. The van der Waals surface area contributed by atoms with Crippen molar-refractivity contribution in [2.75, 3.05) is 0 Å². The molecule has 0 radical (unpaired) electrons. The van der Waals surface area contributed by atoms with Crippen molar-refractivity contribution < 1.29 is 0 Å². The topological polar surface area (TPSA) is 59.8 Å². The minimum absolute atomic E-state index is 0.128. The third kappa shape index (κ3) is 2.67. The van der Waals surface area contributed by atoms with Crippen molar-refractivity contribution in [3.63, 3.8) is 0 Å². The number of aromatic nitrogens is 3. The molecule has 26 heavy (non-hydrogen) atoms. The fraction of sp³-hybridized carbons (Fsp3) is 0.143. The molecule has 0 fully saturated rings. The summed E-state index contributed by atoms with van der Waals surface area (Å²) in [5.74, 6) is 0. The van der Waals surface area contributed by atoms with Crippen LogP contribution in [0.1, 0.15) is 16.8 Å². The van der Waals surface area contributed by atoms with Gasteiger partial charge in [0, 0.05) is 11.8 Å². The van der Waals surface area contributed by atoms with Crippen molar-refractivity contribution in [3.8, 4) is 5.69 Å². The van der Waals surface area contributed by atoms with Crippen LogP contribution in [0, 0.1) is 13.8 Å². The van der Waals surface area contributed by atoms with Crippen LogP contribution >= 0.6 is 0 Å². The first-order valence-electron chi connectivity index (χ1n) is 8.51. The Labute approximate surface area is 150 Å². The highest BCUT2D eigenvalue weighted by molar-refractivity contribution is 5.80. The van der Waals surface area contributed by atoms with Gasteiger partial charge in [-0.05, 0) is 31.5 Å². The highest BCUT2D eigenvalue weighted by atomic mass is 16.1. The summed E-state index contributed by atoms with van der Waals surface area (Å²) >= 11 is 0. The molecule has 4 rings (SSSR count). The summed E-state index contributed by atoms with van der Waals surface area (Å²) in [6.45, 7) is 4.29. The molecule has 0 amide bonds. The van der Waals surface area contributed by atoms with E-state index in [2.05, 4.69) is 5.10 Å². The Bertz CT molecular complexity index is 1200. The fourth-order valence-corrected chi connectivity index (χ4v) is 3.24. The second-order valence-electron chi connectivity index (χ2n) is 6.52. The summed E-state index contributed by atoms with van der Waals surface area (Å²) in [6, 6.07) is 18.9. The first-order chi connectivity index (χ1) is 12.5. The number of nitrogens with zero attached hydrogens (tertiary/aromatic N) is 2. The van der Waals surface area contributed by atoms with Crippen LogP contribution < -0.4 is 11.1 Å². The Morgan fingerprint density at radius 1 is 0.923 bits per heavy atom. The number of aryl methyl sites for hydroxylation is 2. The maximum Gasteiger partial charge on any atom is 0.280 e. The summed E-state index contributed by atoms with van der Waals surface area (Å²) in [7, 11) is 0. The van der Waals surface area contributed by atoms with Gasteiger partial charge in [-0.3, -0.25) is 14.7 Å². The molecule has 0 unspecified atom stereocenters. The number of hydrogen-bond donors (Lipinski definition) is 1. The molecule has 1 N–H and O–H groups in total. The molecular weight excluding hydrogens is 326 g/mol. The van der Waals surface area contributed by atoms with Gasteiger partial charge in [-0.1, -0.05) is 48.0 Å². The predicted molar refractivity (Wildman–Crippen MR) is 103 cm³/mol. The second kappa shape index (κ2) is 6.19. The van der Waals surface area contributed by atoms with Crippen LogP contribution in [-0.2, 0) is 6.54 Å². The highest BCUT2D eigenvalue weighted by Gasteiger charge is 2.15. The minimum Gasteiger partial charge on any atom is -0.308 e. The lowest BCUT2D eigenvalue weighted by Crippen LogP contribution is -2.23. The summed E-state index contributed by atoms with van der Waals surface area (Å²) in [5.41, 5.74) is 3.89. The average Bonchev–Trinajstić information content (AvgIpc) is 2.97. The molecule has 2 aromatic heterocycles. The van der Waals surface area contributed by atoms with Crippen molar-refractivity contribution >= 4 is 10.9 Å². The summed E-state index contributed by atoms with van der Waals surface area (Å²) in [6.07, 6.45) is 0. The maximum absolute atomic E-state index is 12.9. The van der Waals surface area contributed by atoms with Crippen molar-refractivity contribution in [1.29, 1.82) is 0 Å². The molecule has 0 bridgehead atoms. The second-order valence-corrected chi connectivity index (χ2v) is 6.52. The molecule has 0 aliphatic rings. The monoisotopic (exact) mass is 345 g/mol. The number of para-hydroxylation sites is 1. The van der Waals surface area contributed by atoms with Crippen LogP contribution in [0.2, 0.25) is 0 Å². The number of pyridine rings is 1. The first-order valence-corrected chi connectivity index (χ1v) is 8.51. The van der Waals surface area contributed by atoms with Crippen LogP contribution in [0.25, 0.3) is 16.6 Å². The first kappa shape index (κ1) is 16.1. The molecule has 0 spiro atoms. The number of fused-ring (bicyclic) bond motifs is 1. The lowest BCUT2D eigenvalue weighted by atomic mass is 10.1. The van der Waals surface area contributed by atoms with E-state index in [1.54, 1.807) is 4.57 Å². The molecule has 0 aliphatic carbocycles. The zero-order chi connectivity index (χ0) is 18.3. The van der Waals surface area contributed by atoms with Gasteiger partial charge < -0.3 is 4.57 Å². The van der Waals surface area contributed by atoms with Gasteiger partial charge >= 0.3 is 0 Å². The number of H-pyrrole nitrogens is 1. The van der Waals surface area contributed by atoms with Crippen LogP contribution in [-0.4, -0.2) is 14.3 Å². The number of nitrogens with one attached hydrogen (secondary N) is 1. The third-order valence-electron chi connectivity index (χ3n) is 4.69. The van der Waals surface area contributed by atoms with E-state index in [0.717, 1.165) is 11.3 Å². The molecule has 2 aromatic carbocycles. The van der Waals surface area contributed by atoms with E-state index in [9.17, 15) is 9.59 Å². The zero-order valence-electron chi connectivity index (χ0n) is 14.7. The lowest BCUT2D eigenvalue weighted by molar-refractivity contribution is 0.738. The van der Waals surface area contributed by atoms with Crippen molar-refractivity contribution in [1.82, 2.24) is 14.3 Å². The molecule has 0 saturated carbocycles. The van der Waals surface area contributed by atoms with Gasteiger partial charge in [0.1, 0.15) is 0 Å². The Morgan fingerprint density at radius 2 is 1.62 bits per heavy atom. The van der Waals surface area contributed by atoms with Gasteiger partial charge in [-0.15, -0.1) is 0 Å². The van der Waals surface area contributed by atoms with E-state index in [1.165, 1.54) is 16.3 Å². The van der Waals surface area contributed by atoms with E-state index in [0.29, 0.717) is 23.1 Å². The Morgan fingerprint density at radius 3 is 2.31 bits per heavy atom. The van der Waals surface area contributed by atoms with Crippen LogP contribution in [0.3, 0.4) is 0 Å². The summed E-state index contributed by atoms with van der Waals surface area (Å²) < 4.78 is 3.13. The molecule has 4 aromatic rings. The maximum atomic E-state index is 12.9. The smallest absolute Gasteiger partial charge is 0.280 e. The van der Waals surface area contributed by atoms with Gasteiger partial charge in [-0.25, -0.2) is 4.68 Å². The van der Waals surface area contributed by atoms with Gasteiger partial charge in [-0.2, -0.15) is 0 Å². The van der Waals surface area contributed by atoms with Crippen molar-refractivity contribution in [3.05, 3.63) is 98.2 Å². The fourth-order valence-electron chi connectivity index (χ4n) is 3.24. The average molecular weight is 345 g/mol. The standard InChI is InChI=1S/C21H19N3O2/c1-14-8-10-16(11-9-14)13-23-15(2)20-18(12-19(23)25)22-24(21(20)26)17-6-4-3-5-7-17/h3-12,22H,13H2,1-2H3. The van der Waals surface area contributed by atoms with Crippen LogP contribution in [0.4, 0.5) is 0 Å². The SMILES string of the molecule is Cc1ccc(Cn2c(C)c3c(=O)n(-c4ccccc4)[nH]c3cc2=O)cc1. The van der Waals surface area contributed by atoms with Crippen LogP contribution in [0.5, 0.6) is 0 Å². The molecule has 2 heterocycles. The molecular formula is C21H19N3O2. The van der Waals surface area contributed by atoms with Crippen molar-refractivity contribution in [2.45, 2.75) is 20.4 Å². The van der Waals surface area contributed by atoms with Gasteiger partial charge in [0.25, 0.3) is 11.1 Å². The number of benzene rings is 2. The largest absolute Gasteiger partial charge is 0.308 e. The van der Waals surface area contributed by atoms with E-state index < -0.39 is 0 Å². The summed E-state index contributed by atoms with van der Waals surface area (Å²) in [5, 5.41) is 3.59. The molecule has 0 aliphatic heterocycles. The molecule has 130 valence electrons. The van der Waals surface area contributed by atoms with E-state index in [4.69, 9.17) is 0 Å². The normalized spacial score (nSPS) is 11.2. The van der Waals surface area contributed by atoms with Crippen molar-refractivity contribution in [2.24, 2.45) is 0 Å². The molecule has 0 saturated heterocycles. The van der Waals surface area contributed by atoms with Gasteiger partial charge in [0.05, 0.1) is 23.1 Å². The van der Waals surface area contributed by atoms with E-state index in [1.807, 2.05) is 68.4 Å². The number of rotatable bonds is 3. The van der Waals surface area contributed by atoms with E-state index in [-0.39, 0.29) is 11.1 Å².